The van der Waals surface area contributed by atoms with Gasteiger partial charge in [0.15, 0.2) is 0 Å². The molecule has 15 heavy (non-hydrogen) atoms. The number of carbonyl (C=O) groups is 1. The Labute approximate surface area is 92.9 Å². The smallest absolute Gasteiger partial charge is 0.307 e. The number of hydrogen-bond donors (Lipinski definition) is 1. The van der Waals surface area contributed by atoms with Gasteiger partial charge in [0.2, 0.25) is 0 Å². The molecule has 2 heterocycles. The van der Waals surface area contributed by atoms with Gasteiger partial charge in [-0.25, -0.2) is 0 Å². The van der Waals surface area contributed by atoms with E-state index in [2.05, 4.69) is 4.98 Å². The molecule has 0 spiro atoms. The molecule has 0 saturated carbocycles. The molecule has 1 N–H and O–H groups in total. The van der Waals surface area contributed by atoms with Crippen LogP contribution in [0.15, 0.2) is 24.5 Å². The highest BCUT2D eigenvalue weighted by Gasteiger charge is 2.32. The van der Waals surface area contributed by atoms with E-state index in [9.17, 15) is 4.79 Å². The number of carboxylic acids is 1. The number of nitrogens with zero attached hydrogens (tertiary/aromatic N) is 1. The van der Waals surface area contributed by atoms with Crippen molar-refractivity contribution in [3.05, 3.63) is 30.1 Å². The second kappa shape index (κ2) is 4.66. The average Bonchev–Trinajstić information content (AvgIpc) is 2.30. The third-order valence-corrected chi connectivity index (χ3v) is 4.14. The Hall–Kier alpha value is -1.03. The third-order valence-electron chi connectivity index (χ3n) is 2.65. The first-order valence-corrected chi connectivity index (χ1v) is 6.08. The maximum atomic E-state index is 11.1. The van der Waals surface area contributed by atoms with Crippen LogP contribution >= 0.6 is 11.8 Å². The summed E-state index contributed by atoms with van der Waals surface area (Å²) in [4.78, 5) is 15.2. The van der Waals surface area contributed by atoms with Crippen molar-refractivity contribution < 1.29 is 9.90 Å². The lowest BCUT2D eigenvalue weighted by molar-refractivity contribution is -0.142. The molecule has 1 aromatic heterocycles. The Bertz CT molecular complexity index is 342. The van der Waals surface area contributed by atoms with Crippen molar-refractivity contribution >= 4 is 17.7 Å². The highest BCUT2D eigenvalue weighted by molar-refractivity contribution is 7.99. The molecule has 2 rings (SSSR count). The van der Waals surface area contributed by atoms with Crippen LogP contribution in [0.4, 0.5) is 0 Å². The molecule has 0 radical (unpaired) electrons. The lowest BCUT2D eigenvalue weighted by Gasteiger charge is -2.27. The quantitative estimate of drug-likeness (QED) is 0.836. The Morgan fingerprint density at radius 3 is 3.13 bits per heavy atom. The summed E-state index contributed by atoms with van der Waals surface area (Å²) in [6.45, 7) is 0. The molecular formula is C11H13NO2S. The van der Waals surface area contributed by atoms with E-state index in [4.69, 9.17) is 5.11 Å². The van der Waals surface area contributed by atoms with E-state index in [0.29, 0.717) is 0 Å². The van der Waals surface area contributed by atoms with Crippen molar-refractivity contribution in [3.63, 3.8) is 0 Å². The van der Waals surface area contributed by atoms with Crippen LogP contribution in [0.3, 0.4) is 0 Å². The van der Waals surface area contributed by atoms with E-state index in [1.807, 2.05) is 12.1 Å². The van der Waals surface area contributed by atoms with E-state index in [0.717, 1.165) is 24.2 Å². The molecule has 0 amide bonds. The lowest BCUT2D eigenvalue weighted by atomic mass is 9.95. The second-order valence-electron chi connectivity index (χ2n) is 3.66. The molecule has 1 aromatic rings. The van der Waals surface area contributed by atoms with Gasteiger partial charge in [0.05, 0.1) is 5.92 Å². The van der Waals surface area contributed by atoms with E-state index in [-0.39, 0.29) is 11.2 Å². The first kappa shape index (κ1) is 10.5. The summed E-state index contributed by atoms with van der Waals surface area (Å²) in [7, 11) is 0. The summed E-state index contributed by atoms with van der Waals surface area (Å²) >= 11 is 1.73. The van der Waals surface area contributed by atoms with Crippen molar-refractivity contribution in [2.75, 3.05) is 5.75 Å². The summed E-state index contributed by atoms with van der Waals surface area (Å²) in [5.41, 5.74) is 1.04. The van der Waals surface area contributed by atoms with Gasteiger partial charge < -0.3 is 5.11 Å². The molecule has 1 saturated heterocycles. The van der Waals surface area contributed by atoms with Crippen molar-refractivity contribution in [2.45, 2.75) is 18.1 Å². The van der Waals surface area contributed by atoms with E-state index in [1.54, 1.807) is 24.2 Å². The van der Waals surface area contributed by atoms with Crippen LogP contribution in [0, 0.1) is 5.92 Å². The zero-order chi connectivity index (χ0) is 10.7. The predicted octanol–water partition coefficient (Wildman–Crippen LogP) is 2.35. The van der Waals surface area contributed by atoms with Crippen molar-refractivity contribution in [2.24, 2.45) is 5.92 Å². The summed E-state index contributed by atoms with van der Waals surface area (Å²) in [5, 5.41) is 9.21. The minimum absolute atomic E-state index is 0.0740. The van der Waals surface area contributed by atoms with Crippen molar-refractivity contribution in [1.29, 1.82) is 0 Å². The molecule has 0 aromatic carbocycles. The average molecular weight is 223 g/mol. The van der Waals surface area contributed by atoms with Gasteiger partial charge in [-0.1, -0.05) is 6.07 Å². The van der Waals surface area contributed by atoms with Crippen LogP contribution < -0.4 is 0 Å². The van der Waals surface area contributed by atoms with E-state index >= 15 is 0 Å². The molecular weight excluding hydrogens is 210 g/mol. The highest BCUT2D eigenvalue weighted by atomic mass is 32.2. The van der Waals surface area contributed by atoms with Crippen LogP contribution in [-0.2, 0) is 4.79 Å². The third kappa shape index (κ3) is 2.31. The first-order valence-electron chi connectivity index (χ1n) is 5.03. The van der Waals surface area contributed by atoms with Gasteiger partial charge in [0.1, 0.15) is 0 Å². The van der Waals surface area contributed by atoms with Crippen LogP contribution in [0.25, 0.3) is 0 Å². The highest BCUT2D eigenvalue weighted by Crippen LogP contribution is 2.42. The normalized spacial score (nSPS) is 26.1. The number of carboxylic acid groups (broad SMARTS) is 1. The van der Waals surface area contributed by atoms with Crippen molar-refractivity contribution in [1.82, 2.24) is 4.98 Å². The second-order valence-corrected chi connectivity index (χ2v) is 4.91. The molecule has 4 heteroatoms. The summed E-state index contributed by atoms with van der Waals surface area (Å²) in [6, 6.07) is 3.83. The minimum Gasteiger partial charge on any atom is -0.481 e. The van der Waals surface area contributed by atoms with E-state index in [1.165, 1.54) is 0 Å². The van der Waals surface area contributed by atoms with Crippen LogP contribution in [0.2, 0.25) is 0 Å². The van der Waals surface area contributed by atoms with Crippen LogP contribution in [-0.4, -0.2) is 21.8 Å². The molecule has 0 bridgehead atoms. The summed E-state index contributed by atoms with van der Waals surface area (Å²) in [6.07, 6.45) is 5.27. The molecule has 1 fully saturated rings. The lowest BCUT2D eigenvalue weighted by Crippen LogP contribution is -2.24. The topological polar surface area (TPSA) is 50.2 Å². The number of aliphatic carboxylic acids is 1. The first-order chi connectivity index (χ1) is 7.29. The fraction of sp³-hybridized carbons (Fsp3) is 0.455. The van der Waals surface area contributed by atoms with Gasteiger partial charge in [0, 0.05) is 17.6 Å². The Morgan fingerprint density at radius 2 is 2.47 bits per heavy atom. The molecule has 2 unspecified atom stereocenters. The van der Waals surface area contributed by atoms with Gasteiger partial charge in [-0.3, -0.25) is 9.78 Å². The van der Waals surface area contributed by atoms with Crippen LogP contribution in [0.5, 0.6) is 0 Å². The predicted molar refractivity (Wildman–Crippen MR) is 59.8 cm³/mol. The number of aromatic nitrogens is 1. The SMILES string of the molecule is O=C(O)C1CCCSC1c1cccnc1. The maximum Gasteiger partial charge on any atom is 0.307 e. The number of pyridine rings is 1. The molecule has 3 nitrogen and oxygen atoms in total. The van der Waals surface area contributed by atoms with Gasteiger partial charge in [-0.2, -0.15) is 11.8 Å². The Kier molecular flexibility index (Phi) is 3.26. The number of hydrogen-bond acceptors (Lipinski definition) is 3. The van der Waals surface area contributed by atoms with Gasteiger partial charge in [0.25, 0.3) is 0 Å². The van der Waals surface area contributed by atoms with E-state index < -0.39 is 5.97 Å². The fourth-order valence-electron chi connectivity index (χ4n) is 1.91. The summed E-state index contributed by atoms with van der Waals surface area (Å²) in [5.74, 6) is 0.104. The monoisotopic (exact) mass is 223 g/mol. The molecule has 2 atom stereocenters. The van der Waals surface area contributed by atoms with Gasteiger partial charge >= 0.3 is 5.97 Å². The van der Waals surface area contributed by atoms with Crippen LogP contribution in [0.1, 0.15) is 23.7 Å². The minimum atomic E-state index is -0.684. The standard InChI is InChI=1S/C11H13NO2S/c13-11(14)9-4-2-6-15-10(9)8-3-1-5-12-7-8/h1,3,5,7,9-10H,2,4,6H2,(H,13,14). The Morgan fingerprint density at radius 1 is 1.60 bits per heavy atom. The molecule has 80 valence electrons. The fourth-order valence-corrected chi connectivity index (χ4v) is 3.31. The Balaban J connectivity index is 2.22. The maximum absolute atomic E-state index is 11.1. The number of thioether (sulfide) groups is 1. The summed E-state index contributed by atoms with van der Waals surface area (Å²) < 4.78 is 0. The molecule has 1 aliphatic rings. The molecule has 1 aliphatic heterocycles. The van der Waals surface area contributed by atoms with Crippen molar-refractivity contribution in [3.8, 4) is 0 Å². The zero-order valence-corrected chi connectivity index (χ0v) is 9.11. The zero-order valence-electron chi connectivity index (χ0n) is 8.30. The van der Waals surface area contributed by atoms with Gasteiger partial charge in [-0.05, 0) is 30.2 Å². The van der Waals surface area contributed by atoms with Gasteiger partial charge in [-0.15, -0.1) is 0 Å². The molecule has 0 aliphatic carbocycles. The largest absolute Gasteiger partial charge is 0.481 e. The number of rotatable bonds is 2.